The van der Waals surface area contributed by atoms with Gasteiger partial charge in [0.05, 0.1) is 12.0 Å². The first-order valence-electron chi connectivity index (χ1n) is 9.05. The highest BCUT2D eigenvalue weighted by molar-refractivity contribution is 5.91. The Balaban J connectivity index is 1.40. The summed E-state index contributed by atoms with van der Waals surface area (Å²) < 4.78 is 13.4. The number of carbonyl (C=O) groups excluding carboxylic acids is 1. The number of amides is 1. The summed E-state index contributed by atoms with van der Waals surface area (Å²) in [6.45, 7) is 2.96. The Bertz CT molecular complexity index is 574. The Morgan fingerprint density at radius 3 is 2.92 bits per heavy atom. The molecule has 0 radical (unpaired) electrons. The topological polar surface area (TPSA) is 52.6 Å². The number of likely N-dealkylation sites (tertiary alicyclic amines) is 1. The van der Waals surface area contributed by atoms with E-state index in [9.17, 15) is 14.3 Å². The van der Waals surface area contributed by atoms with Crippen molar-refractivity contribution in [3.05, 3.63) is 35.6 Å². The Labute approximate surface area is 143 Å². The van der Waals surface area contributed by atoms with Gasteiger partial charge in [-0.25, -0.2) is 4.39 Å². The van der Waals surface area contributed by atoms with Crippen molar-refractivity contribution in [3.63, 3.8) is 0 Å². The fourth-order valence-corrected chi connectivity index (χ4v) is 3.77. The van der Waals surface area contributed by atoms with Crippen molar-refractivity contribution in [1.82, 2.24) is 10.2 Å². The van der Waals surface area contributed by atoms with Gasteiger partial charge in [-0.1, -0.05) is 12.1 Å². The van der Waals surface area contributed by atoms with Crippen LogP contribution >= 0.6 is 0 Å². The number of nitrogens with one attached hydrogen (secondary N) is 1. The van der Waals surface area contributed by atoms with E-state index in [4.69, 9.17) is 0 Å². The first-order chi connectivity index (χ1) is 11.7. The fourth-order valence-electron chi connectivity index (χ4n) is 3.77. The summed E-state index contributed by atoms with van der Waals surface area (Å²) in [6.07, 6.45) is 5.80. The van der Waals surface area contributed by atoms with Gasteiger partial charge in [-0.2, -0.15) is 0 Å². The van der Waals surface area contributed by atoms with Crippen molar-refractivity contribution in [2.75, 3.05) is 26.2 Å². The summed E-state index contributed by atoms with van der Waals surface area (Å²) in [5.41, 5.74) is 0.293. The van der Waals surface area contributed by atoms with Gasteiger partial charge in [-0.15, -0.1) is 0 Å². The number of benzene rings is 1. The molecule has 5 heteroatoms. The standard InChI is InChI=1S/C19H27FN2O2/c20-16-6-3-5-15(13-16)19(8-9-19)18(24)21-10-1-2-11-22-12-4-7-17(22)14-23/h3,5-6,13,17,23H,1-2,4,7-12,14H2,(H,21,24). The van der Waals surface area contributed by atoms with Crippen molar-refractivity contribution >= 4 is 5.91 Å². The quantitative estimate of drug-likeness (QED) is 0.717. The van der Waals surface area contributed by atoms with E-state index in [1.54, 1.807) is 6.07 Å². The van der Waals surface area contributed by atoms with Crippen LogP contribution in [0.2, 0.25) is 0 Å². The van der Waals surface area contributed by atoms with Gasteiger partial charge in [0, 0.05) is 12.6 Å². The van der Waals surface area contributed by atoms with Crippen molar-refractivity contribution in [2.45, 2.75) is 50.0 Å². The molecule has 24 heavy (non-hydrogen) atoms. The van der Waals surface area contributed by atoms with Crippen LogP contribution < -0.4 is 5.32 Å². The SMILES string of the molecule is O=C(NCCCCN1CCCC1CO)C1(c2cccc(F)c2)CC1. The highest BCUT2D eigenvalue weighted by atomic mass is 19.1. The van der Waals surface area contributed by atoms with Crippen LogP contribution in [0.15, 0.2) is 24.3 Å². The van der Waals surface area contributed by atoms with E-state index in [1.807, 2.05) is 6.07 Å². The van der Waals surface area contributed by atoms with Crippen LogP contribution in [0, 0.1) is 5.82 Å². The van der Waals surface area contributed by atoms with Crippen molar-refractivity contribution in [3.8, 4) is 0 Å². The lowest BCUT2D eigenvalue weighted by Gasteiger charge is -2.22. The molecule has 1 aliphatic heterocycles. The predicted octanol–water partition coefficient (Wildman–Crippen LogP) is 2.21. The molecule has 1 aliphatic carbocycles. The Hall–Kier alpha value is -1.46. The molecule has 132 valence electrons. The molecule has 0 aromatic heterocycles. The van der Waals surface area contributed by atoms with Crippen LogP contribution in [-0.2, 0) is 10.2 Å². The zero-order chi connectivity index (χ0) is 17.0. The van der Waals surface area contributed by atoms with Crippen LogP contribution in [-0.4, -0.2) is 48.2 Å². The molecule has 1 aromatic rings. The molecule has 3 rings (SSSR count). The first-order valence-corrected chi connectivity index (χ1v) is 9.05. The maximum Gasteiger partial charge on any atom is 0.230 e. The first kappa shape index (κ1) is 17.4. The molecule has 1 heterocycles. The Kier molecular flexibility index (Phi) is 5.51. The number of unbranched alkanes of at least 4 members (excludes halogenated alkanes) is 1. The summed E-state index contributed by atoms with van der Waals surface area (Å²) in [4.78, 5) is 14.8. The maximum atomic E-state index is 13.4. The maximum absolute atomic E-state index is 13.4. The Morgan fingerprint density at radius 1 is 1.38 bits per heavy atom. The van der Waals surface area contributed by atoms with Gasteiger partial charge in [0.1, 0.15) is 5.82 Å². The second-order valence-electron chi connectivity index (χ2n) is 7.07. The number of aliphatic hydroxyl groups is 1. The van der Waals surface area contributed by atoms with Crippen LogP contribution in [0.4, 0.5) is 4.39 Å². The third kappa shape index (κ3) is 3.78. The number of carbonyl (C=O) groups is 1. The van der Waals surface area contributed by atoms with Gasteiger partial charge in [-0.05, 0) is 69.3 Å². The summed E-state index contributed by atoms with van der Waals surface area (Å²) in [6, 6.07) is 6.73. The van der Waals surface area contributed by atoms with Crippen molar-refractivity contribution in [2.24, 2.45) is 0 Å². The molecule has 2 fully saturated rings. The lowest BCUT2D eigenvalue weighted by atomic mass is 9.95. The van der Waals surface area contributed by atoms with Gasteiger partial charge in [-0.3, -0.25) is 9.69 Å². The van der Waals surface area contributed by atoms with E-state index < -0.39 is 5.41 Å². The molecule has 1 aromatic carbocycles. The van der Waals surface area contributed by atoms with Gasteiger partial charge >= 0.3 is 0 Å². The zero-order valence-corrected chi connectivity index (χ0v) is 14.1. The lowest BCUT2D eigenvalue weighted by Crippen LogP contribution is -2.36. The number of aliphatic hydroxyl groups excluding tert-OH is 1. The lowest BCUT2D eigenvalue weighted by molar-refractivity contribution is -0.123. The second-order valence-corrected chi connectivity index (χ2v) is 7.07. The molecule has 1 unspecified atom stereocenters. The summed E-state index contributed by atoms with van der Waals surface area (Å²) in [5, 5.41) is 12.3. The molecular weight excluding hydrogens is 307 g/mol. The molecule has 0 bridgehead atoms. The monoisotopic (exact) mass is 334 g/mol. The highest BCUT2D eigenvalue weighted by Gasteiger charge is 2.51. The average Bonchev–Trinajstić information content (AvgIpc) is 3.28. The number of hydrogen-bond acceptors (Lipinski definition) is 3. The molecule has 1 saturated carbocycles. The summed E-state index contributed by atoms with van der Waals surface area (Å²) >= 11 is 0. The van der Waals surface area contributed by atoms with Crippen molar-refractivity contribution in [1.29, 1.82) is 0 Å². The average molecular weight is 334 g/mol. The van der Waals surface area contributed by atoms with E-state index in [0.717, 1.165) is 57.2 Å². The number of hydrogen-bond donors (Lipinski definition) is 2. The van der Waals surface area contributed by atoms with E-state index in [-0.39, 0.29) is 18.3 Å². The molecule has 2 N–H and O–H groups in total. The van der Waals surface area contributed by atoms with Crippen molar-refractivity contribution < 1.29 is 14.3 Å². The van der Waals surface area contributed by atoms with Crippen LogP contribution in [0.25, 0.3) is 0 Å². The minimum absolute atomic E-state index is 0.0301. The van der Waals surface area contributed by atoms with Gasteiger partial charge in [0.25, 0.3) is 0 Å². The third-order valence-electron chi connectivity index (χ3n) is 5.43. The zero-order valence-electron chi connectivity index (χ0n) is 14.1. The number of nitrogens with zero attached hydrogens (tertiary/aromatic N) is 1. The summed E-state index contributed by atoms with van der Waals surface area (Å²) in [7, 11) is 0. The Morgan fingerprint density at radius 2 is 2.21 bits per heavy atom. The molecular formula is C19H27FN2O2. The van der Waals surface area contributed by atoms with E-state index in [2.05, 4.69) is 10.2 Å². The molecule has 1 atom stereocenters. The summed E-state index contributed by atoms with van der Waals surface area (Å²) in [5.74, 6) is -0.252. The molecule has 2 aliphatic rings. The minimum Gasteiger partial charge on any atom is -0.395 e. The van der Waals surface area contributed by atoms with Crippen LogP contribution in [0.3, 0.4) is 0 Å². The van der Waals surface area contributed by atoms with Gasteiger partial charge < -0.3 is 10.4 Å². The largest absolute Gasteiger partial charge is 0.395 e. The van der Waals surface area contributed by atoms with Gasteiger partial charge in [0.15, 0.2) is 0 Å². The minimum atomic E-state index is -0.501. The number of rotatable bonds is 8. The van der Waals surface area contributed by atoms with Crippen LogP contribution in [0.5, 0.6) is 0 Å². The molecule has 1 amide bonds. The second kappa shape index (κ2) is 7.62. The molecule has 0 spiro atoms. The molecule has 1 saturated heterocycles. The highest BCUT2D eigenvalue weighted by Crippen LogP contribution is 2.48. The third-order valence-corrected chi connectivity index (χ3v) is 5.43. The van der Waals surface area contributed by atoms with E-state index in [0.29, 0.717) is 12.6 Å². The predicted molar refractivity (Wildman–Crippen MR) is 91.2 cm³/mol. The normalized spacial score (nSPS) is 22.5. The fraction of sp³-hybridized carbons (Fsp3) is 0.632. The number of halogens is 1. The molecule has 4 nitrogen and oxygen atoms in total. The van der Waals surface area contributed by atoms with E-state index >= 15 is 0 Å². The smallest absolute Gasteiger partial charge is 0.230 e. The van der Waals surface area contributed by atoms with Gasteiger partial charge in [0.2, 0.25) is 5.91 Å². The van der Waals surface area contributed by atoms with Crippen LogP contribution in [0.1, 0.15) is 44.1 Å². The van der Waals surface area contributed by atoms with E-state index in [1.165, 1.54) is 12.1 Å².